The van der Waals surface area contributed by atoms with E-state index in [1.165, 1.54) is 12.1 Å². The maximum absolute atomic E-state index is 12.5. The second-order valence-electron chi connectivity index (χ2n) is 5.06. The van der Waals surface area contributed by atoms with Crippen molar-refractivity contribution in [2.24, 2.45) is 0 Å². The molecule has 0 radical (unpaired) electrons. The summed E-state index contributed by atoms with van der Waals surface area (Å²) < 4.78 is 37.4. The highest BCUT2D eigenvalue weighted by Gasteiger charge is 2.38. The van der Waals surface area contributed by atoms with Crippen LogP contribution in [0.1, 0.15) is 37.3 Å². The topological polar surface area (TPSA) is 20.2 Å². The largest absolute Gasteiger partial charge is 0.416 e. The molecule has 0 spiro atoms. The van der Waals surface area contributed by atoms with E-state index < -0.39 is 17.3 Å². The lowest BCUT2D eigenvalue weighted by atomic mass is 9.82. The minimum absolute atomic E-state index is 0.222. The Hall–Kier alpha value is -1.29. The predicted molar refractivity (Wildman–Crippen MR) is 63.2 cm³/mol. The Labute approximate surface area is 104 Å². The Balaban J connectivity index is 2.33. The molecule has 1 aromatic rings. The molecule has 18 heavy (non-hydrogen) atoms. The highest BCUT2D eigenvalue weighted by atomic mass is 19.4. The molecule has 0 heterocycles. The van der Waals surface area contributed by atoms with Crippen molar-refractivity contribution in [3.8, 4) is 0 Å². The molecular weight excluding hydrogens is 241 g/mol. The number of aliphatic hydroxyl groups is 1. The lowest BCUT2D eigenvalue weighted by Crippen LogP contribution is -2.28. The van der Waals surface area contributed by atoms with Crippen LogP contribution >= 0.6 is 0 Å². The van der Waals surface area contributed by atoms with Gasteiger partial charge in [0.15, 0.2) is 0 Å². The summed E-state index contributed by atoms with van der Waals surface area (Å²) in [7, 11) is 0. The first kappa shape index (κ1) is 13.1. The van der Waals surface area contributed by atoms with Gasteiger partial charge in [-0.05, 0) is 38.0 Å². The molecule has 1 aliphatic rings. The van der Waals surface area contributed by atoms with Gasteiger partial charge >= 0.3 is 6.18 Å². The zero-order valence-electron chi connectivity index (χ0n) is 10.3. The maximum atomic E-state index is 12.5. The summed E-state index contributed by atoms with van der Waals surface area (Å²) in [6.07, 6.45) is -1.85. The van der Waals surface area contributed by atoms with Crippen LogP contribution in [0.3, 0.4) is 0 Å². The smallest absolute Gasteiger partial charge is 0.389 e. The van der Waals surface area contributed by atoms with Crippen LogP contribution in [-0.2, 0) is 6.18 Å². The SMILES string of the molecule is CC1=CC[C@](C)(O)[C@H]1c1ccc(C(F)(F)F)cc1. The average Bonchev–Trinajstić information content (AvgIpc) is 2.52. The predicted octanol–water partition coefficient (Wildman–Crippen LogP) is 3.89. The summed E-state index contributed by atoms with van der Waals surface area (Å²) in [6, 6.07) is 5.03. The first-order valence-electron chi connectivity index (χ1n) is 5.78. The van der Waals surface area contributed by atoms with Gasteiger partial charge in [0.25, 0.3) is 0 Å². The number of rotatable bonds is 1. The summed E-state index contributed by atoms with van der Waals surface area (Å²) in [5.74, 6) is -0.222. The summed E-state index contributed by atoms with van der Waals surface area (Å²) >= 11 is 0. The Kier molecular flexibility index (Phi) is 3.01. The molecule has 0 unspecified atom stereocenters. The molecule has 0 saturated carbocycles. The van der Waals surface area contributed by atoms with Crippen LogP contribution in [0.4, 0.5) is 13.2 Å². The fraction of sp³-hybridized carbons (Fsp3) is 0.429. The normalized spacial score (nSPS) is 28.3. The molecule has 4 heteroatoms. The van der Waals surface area contributed by atoms with Crippen LogP contribution in [0.25, 0.3) is 0 Å². The second kappa shape index (κ2) is 4.12. The average molecular weight is 256 g/mol. The van der Waals surface area contributed by atoms with E-state index in [9.17, 15) is 18.3 Å². The third-order valence-electron chi connectivity index (χ3n) is 3.49. The van der Waals surface area contributed by atoms with Gasteiger partial charge in [-0.2, -0.15) is 13.2 Å². The van der Waals surface area contributed by atoms with Crippen LogP contribution in [-0.4, -0.2) is 10.7 Å². The first-order valence-corrected chi connectivity index (χ1v) is 5.78. The number of alkyl halides is 3. The van der Waals surface area contributed by atoms with Crippen LogP contribution in [0.5, 0.6) is 0 Å². The molecule has 1 aromatic carbocycles. The van der Waals surface area contributed by atoms with Gasteiger partial charge in [0.1, 0.15) is 0 Å². The molecule has 2 atom stereocenters. The summed E-state index contributed by atoms with van der Waals surface area (Å²) in [5.41, 5.74) is 0.147. The number of hydrogen-bond acceptors (Lipinski definition) is 1. The molecule has 0 bridgehead atoms. The molecule has 1 N–H and O–H groups in total. The monoisotopic (exact) mass is 256 g/mol. The fourth-order valence-corrected chi connectivity index (χ4v) is 2.58. The Morgan fingerprint density at radius 3 is 2.17 bits per heavy atom. The number of halogens is 3. The molecule has 98 valence electrons. The molecule has 1 nitrogen and oxygen atoms in total. The molecule has 0 saturated heterocycles. The lowest BCUT2D eigenvalue weighted by Gasteiger charge is -2.28. The van der Waals surface area contributed by atoms with Gasteiger partial charge in [0.05, 0.1) is 11.2 Å². The second-order valence-corrected chi connectivity index (χ2v) is 5.06. The van der Waals surface area contributed by atoms with Gasteiger partial charge in [0, 0.05) is 5.92 Å². The highest BCUT2D eigenvalue weighted by molar-refractivity contribution is 5.38. The van der Waals surface area contributed by atoms with Crippen molar-refractivity contribution in [2.45, 2.75) is 38.0 Å². The molecule has 0 aromatic heterocycles. The van der Waals surface area contributed by atoms with Gasteiger partial charge in [-0.15, -0.1) is 0 Å². The van der Waals surface area contributed by atoms with Gasteiger partial charge in [-0.1, -0.05) is 23.8 Å². The molecule has 2 rings (SSSR count). The Bertz CT molecular complexity index is 469. The summed E-state index contributed by atoms with van der Waals surface area (Å²) in [4.78, 5) is 0. The van der Waals surface area contributed by atoms with E-state index in [1.807, 2.05) is 13.0 Å². The van der Waals surface area contributed by atoms with Crippen LogP contribution in [0, 0.1) is 0 Å². The summed E-state index contributed by atoms with van der Waals surface area (Å²) in [6.45, 7) is 3.60. The third-order valence-corrected chi connectivity index (χ3v) is 3.49. The van der Waals surface area contributed by atoms with Gasteiger partial charge in [0.2, 0.25) is 0 Å². The van der Waals surface area contributed by atoms with Crippen molar-refractivity contribution in [3.63, 3.8) is 0 Å². The Morgan fingerprint density at radius 2 is 1.78 bits per heavy atom. The van der Waals surface area contributed by atoms with Gasteiger partial charge in [-0.25, -0.2) is 0 Å². The fourth-order valence-electron chi connectivity index (χ4n) is 2.58. The maximum Gasteiger partial charge on any atom is 0.416 e. The highest BCUT2D eigenvalue weighted by Crippen LogP contribution is 2.43. The molecule has 0 fully saturated rings. The summed E-state index contributed by atoms with van der Waals surface area (Å²) in [5, 5.41) is 10.2. The van der Waals surface area contributed by atoms with E-state index >= 15 is 0 Å². The quantitative estimate of drug-likeness (QED) is 0.756. The van der Waals surface area contributed by atoms with E-state index in [0.717, 1.165) is 23.3 Å². The first-order chi connectivity index (χ1) is 8.22. The van der Waals surface area contributed by atoms with Crippen LogP contribution in [0.2, 0.25) is 0 Å². The minimum Gasteiger partial charge on any atom is -0.389 e. The lowest BCUT2D eigenvalue weighted by molar-refractivity contribution is -0.137. The van der Waals surface area contributed by atoms with Gasteiger partial charge < -0.3 is 5.11 Å². The van der Waals surface area contributed by atoms with Crippen molar-refractivity contribution in [1.82, 2.24) is 0 Å². The molecular formula is C14H15F3O. The van der Waals surface area contributed by atoms with E-state index in [0.29, 0.717) is 6.42 Å². The van der Waals surface area contributed by atoms with Crippen LogP contribution < -0.4 is 0 Å². The molecule has 0 aliphatic heterocycles. The van der Waals surface area contributed by atoms with Crippen molar-refractivity contribution >= 4 is 0 Å². The zero-order chi connectivity index (χ0) is 13.6. The molecule has 1 aliphatic carbocycles. The van der Waals surface area contributed by atoms with Crippen LogP contribution in [0.15, 0.2) is 35.9 Å². The zero-order valence-corrected chi connectivity index (χ0v) is 10.3. The number of hydrogen-bond donors (Lipinski definition) is 1. The third kappa shape index (κ3) is 2.29. The Morgan fingerprint density at radius 1 is 1.22 bits per heavy atom. The van der Waals surface area contributed by atoms with E-state index in [-0.39, 0.29) is 5.92 Å². The van der Waals surface area contributed by atoms with Gasteiger partial charge in [-0.3, -0.25) is 0 Å². The van der Waals surface area contributed by atoms with Crippen molar-refractivity contribution in [1.29, 1.82) is 0 Å². The molecule has 0 amide bonds. The van der Waals surface area contributed by atoms with Crippen molar-refractivity contribution in [3.05, 3.63) is 47.0 Å². The minimum atomic E-state index is -4.32. The van der Waals surface area contributed by atoms with E-state index in [1.54, 1.807) is 6.92 Å². The van der Waals surface area contributed by atoms with E-state index in [4.69, 9.17) is 0 Å². The standard InChI is InChI=1S/C14H15F3O/c1-9-7-8-13(2,18)12(9)10-3-5-11(6-4-10)14(15,16)17/h3-7,12,18H,8H2,1-2H3/t12-,13+/m1/s1. The van der Waals surface area contributed by atoms with Crippen molar-refractivity contribution in [2.75, 3.05) is 0 Å². The number of benzene rings is 1. The van der Waals surface area contributed by atoms with Crippen molar-refractivity contribution < 1.29 is 18.3 Å². The van der Waals surface area contributed by atoms with E-state index in [2.05, 4.69) is 0 Å².